The van der Waals surface area contributed by atoms with Crippen molar-refractivity contribution in [3.8, 4) is 0 Å². The molecule has 2 aromatic heterocycles. The van der Waals surface area contributed by atoms with E-state index in [4.69, 9.17) is 0 Å². The molecule has 2 atom stereocenters. The van der Waals surface area contributed by atoms with Gasteiger partial charge in [0.15, 0.2) is 11.5 Å². The molecule has 9 nitrogen and oxygen atoms in total. The van der Waals surface area contributed by atoms with Crippen LogP contribution in [0.1, 0.15) is 36.3 Å². The predicted octanol–water partition coefficient (Wildman–Crippen LogP) is 1.88. The van der Waals surface area contributed by atoms with Crippen molar-refractivity contribution in [2.24, 2.45) is 5.92 Å². The number of rotatable bonds is 2. The van der Waals surface area contributed by atoms with Crippen LogP contribution >= 0.6 is 0 Å². The van der Waals surface area contributed by atoms with E-state index in [2.05, 4.69) is 67.5 Å². The quantitative estimate of drug-likeness (QED) is 0.611. The highest BCUT2D eigenvalue weighted by Crippen LogP contribution is 2.46. The summed E-state index contributed by atoms with van der Waals surface area (Å²) >= 11 is 0. The van der Waals surface area contributed by atoms with Crippen molar-refractivity contribution in [1.82, 2.24) is 30.2 Å². The number of benzene rings is 1. The number of hydrogen-bond acceptors (Lipinski definition) is 7. The molecule has 2 saturated heterocycles. The molecule has 2 fully saturated rings. The van der Waals surface area contributed by atoms with Gasteiger partial charge in [0.25, 0.3) is 0 Å². The summed E-state index contributed by atoms with van der Waals surface area (Å²) < 4.78 is 1.45. The van der Waals surface area contributed by atoms with Crippen LogP contribution in [0, 0.1) is 12.8 Å². The molecule has 9 heteroatoms. The van der Waals surface area contributed by atoms with E-state index >= 15 is 0 Å². The minimum atomic E-state index is 0.0515. The molecular weight excluding hydrogens is 404 g/mol. The minimum Gasteiger partial charge on any atom is -0.355 e. The molecule has 2 unspecified atom stereocenters. The van der Waals surface area contributed by atoms with Crippen LogP contribution in [0.15, 0.2) is 30.3 Å². The number of likely N-dealkylation sites (tertiary alicyclic amines) is 1. The summed E-state index contributed by atoms with van der Waals surface area (Å²) in [4.78, 5) is 20.6. The molecule has 0 radical (unpaired) electrons. The fourth-order valence-corrected chi connectivity index (χ4v) is 5.73. The lowest BCUT2D eigenvalue weighted by Gasteiger charge is -2.39. The first kappa shape index (κ1) is 19.6. The van der Waals surface area contributed by atoms with Gasteiger partial charge in [-0.05, 0) is 74.0 Å². The zero-order valence-electron chi connectivity index (χ0n) is 18.6. The average Bonchev–Trinajstić information content (AvgIpc) is 3.40. The maximum Gasteiger partial charge on any atom is 0.230 e. The Hall–Kier alpha value is -3.07. The van der Waals surface area contributed by atoms with Gasteiger partial charge < -0.3 is 14.7 Å². The Bertz CT molecular complexity index is 1170. The number of anilines is 2. The Morgan fingerprint density at radius 1 is 1.06 bits per heavy atom. The van der Waals surface area contributed by atoms with Crippen molar-refractivity contribution in [3.05, 3.63) is 41.5 Å². The third kappa shape index (κ3) is 3.14. The fraction of sp³-hybridized carbons (Fsp3) is 0.522. The van der Waals surface area contributed by atoms with Crippen LogP contribution in [-0.4, -0.2) is 75.3 Å². The molecule has 0 bridgehead atoms. The van der Waals surface area contributed by atoms with Crippen molar-refractivity contribution in [2.45, 2.75) is 38.1 Å². The Morgan fingerprint density at radius 2 is 1.91 bits per heavy atom. The highest BCUT2D eigenvalue weighted by molar-refractivity contribution is 5.98. The van der Waals surface area contributed by atoms with Crippen LogP contribution in [0.5, 0.6) is 0 Å². The molecule has 5 heterocycles. The lowest BCUT2D eigenvalue weighted by atomic mass is 9.88. The van der Waals surface area contributed by atoms with Gasteiger partial charge >= 0.3 is 0 Å². The first-order chi connectivity index (χ1) is 15.6. The van der Waals surface area contributed by atoms with Gasteiger partial charge in [0.1, 0.15) is 0 Å². The highest BCUT2D eigenvalue weighted by Gasteiger charge is 2.45. The van der Waals surface area contributed by atoms with Gasteiger partial charge in [0, 0.05) is 43.2 Å². The van der Waals surface area contributed by atoms with Gasteiger partial charge in [-0.25, -0.2) is 0 Å². The fourth-order valence-electron chi connectivity index (χ4n) is 5.73. The smallest absolute Gasteiger partial charge is 0.230 e. The average molecular weight is 433 g/mol. The standard InChI is InChI=1S/C23H28N8O/c1-15-3-4-19-17(13-15)18-14-28(2)10-9-20(18)30(19)23(32)16-7-11-29(12-8-16)22-6-5-21-24-26-27-31(21)25-22/h3-6,13,16,18,20H,7-12,14H2,1-2H3. The second kappa shape index (κ2) is 7.51. The summed E-state index contributed by atoms with van der Waals surface area (Å²) in [6.07, 6.45) is 2.71. The SMILES string of the molecule is Cc1ccc2c(c1)C1CN(C)CCC1N2C(=O)C1CCN(c2ccc3nnnn3n2)CC1. The van der Waals surface area contributed by atoms with Crippen LogP contribution in [0.25, 0.3) is 5.65 Å². The van der Waals surface area contributed by atoms with Crippen LogP contribution in [0.4, 0.5) is 11.5 Å². The minimum absolute atomic E-state index is 0.0515. The summed E-state index contributed by atoms with van der Waals surface area (Å²) in [6.45, 7) is 5.82. The number of hydrogen-bond donors (Lipinski definition) is 0. The van der Waals surface area contributed by atoms with E-state index in [9.17, 15) is 4.79 Å². The topological polar surface area (TPSA) is 82.8 Å². The maximum absolute atomic E-state index is 13.8. The Labute approximate surface area is 187 Å². The summed E-state index contributed by atoms with van der Waals surface area (Å²) in [6, 6.07) is 10.7. The third-order valence-electron chi connectivity index (χ3n) is 7.41. The molecule has 6 rings (SSSR count). The third-order valence-corrected chi connectivity index (χ3v) is 7.41. The highest BCUT2D eigenvalue weighted by atomic mass is 16.2. The van der Waals surface area contributed by atoms with Gasteiger partial charge in [0.2, 0.25) is 5.91 Å². The lowest BCUT2D eigenvalue weighted by molar-refractivity contribution is -0.123. The maximum atomic E-state index is 13.8. The molecule has 3 aliphatic heterocycles. The van der Waals surface area contributed by atoms with Crippen LogP contribution in [-0.2, 0) is 4.79 Å². The van der Waals surface area contributed by atoms with Gasteiger partial charge in [-0.2, -0.15) is 0 Å². The van der Waals surface area contributed by atoms with Crippen molar-refractivity contribution < 1.29 is 4.79 Å². The molecule has 0 spiro atoms. The molecule has 1 amide bonds. The van der Waals surface area contributed by atoms with Gasteiger partial charge in [-0.1, -0.05) is 17.7 Å². The summed E-state index contributed by atoms with van der Waals surface area (Å²) in [5, 5.41) is 16.0. The number of carbonyl (C=O) groups is 1. The van der Waals surface area contributed by atoms with Gasteiger partial charge in [-0.3, -0.25) is 4.79 Å². The van der Waals surface area contributed by atoms with E-state index < -0.39 is 0 Å². The number of fused-ring (bicyclic) bond motifs is 4. The predicted molar refractivity (Wildman–Crippen MR) is 121 cm³/mol. The number of carbonyl (C=O) groups excluding carboxylic acids is 1. The Kier molecular flexibility index (Phi) is 4.60. The monoisotopic (exact) mass is 432 g/mol. The first-order valence-corrected chi connectivity index (χ1v) is 11.5. The summed E-state index contributed by atoms with van der Waals surface area (Å²) in [5.74, 6) is 1.62. The van der Waals surface area contributed by atoms with Crippen molar-refractivity contribution >= 4 is 23.1 Å². The molecule has 0 N–H and O–H groups in total. The van der Waals surface area contributed by atoms with E-state index in [0.717, 1.165) is 56.9 Å². The van der Waals surface area contributed by atoms with E-state index in [-0.39, 0.29) is 12.0 Å². The van der Waals surface area contributed by atoms with Crippen LogP contribution in [0.2, 0.25) is 0 Å². The number of aryl methyl sites for hydroxylation is 1. The molecule has 0 aliphatic carbocycles. The van der Waals surface area contributed by atoms with Crippen LogP contribution < -0.4 is 9.80 Å². The molecule has 166 valence electrons. The normalized spacial score (nSPS) is 24.1. The largest absolute Gasteiger partial charge is 0.355 e. The number of tetrazole rings is 1. The molecule has 3 aliphatic rings. The van der Waals surface area contributed by atoms with Crippen LogP contribution in [0.3, 0.4) is 0 Å². The number of likely N-dealkylation sites (N-methyl/N-ethyl adjacent to an activating group) is 1. The first-order valence-electron chi connectivity index (χ1n) is 11.5. The zero-order valence-corrected chi connectivity index (χ0v) is 18.6. The van der Waals surface area contributed by atoms with E-state index in [1.54, 1.807) is 0 Å². The van der Waals surface area contributed by atoms with Crippen molar-refractivity contribution in [3.63, 3.8) is 0 Å². The van der Waals surface area contributed by atoms with Crippen molar-refractivity contribution in [2.75, 3.05) is 43.0 Å². The lowest BCUT2D eigenvalue weighted by Crippen LogP contribution is -2.50. The van der Waals surface area contributed by atoms with Gasteiger partial charge in [-0.15, -0.1) is 14.8 Å². The van der Waals surface area contributed by atoms with E-state index in [0.29, 0.717) is 17.5 Å². The number of aromatic nitrogens is 5. The number of piperidine rings is 2. The van der Waals surface area contributed by atoms with E-state index in [1.807, 2.05) is 12.1 Å². The Balaban J connectivity index is 1.21. The molecule has 3 aromatic rings. The summed E-state index contributed by atoms with van der Waals surface area (Å²) in [7, 11) is 2.19. The van der Waals surface area contributed by atoms with E-state index in [1.165, 1.54) is 15.8 Å². The second-order valence-electron chi connectivity index (χ2n) is 9.47. The number of nitrogens with zero attached hydrogens (tertiary/aromatic N) is 8. The van der Waals surface area contributed by atoms with Gasteiger partial charge in [0.05, 0.1) is 0 Å². The number of amides is 1. The molecule has 1 aromatic carbocycles. The molecule has 32 heavy (non-hydrogen) atoms. The zero-order chi connectivity index (χ0) is 21.8. The second-order valence-corrected chi connectivity index (χ2v) is 9.47. The molecular formula is C23H28N8O. The van der Waals surface area contributed by atoms with Crippen molar-refractivity contribution in [1.29, 1.82) is 0 Å². The summed E-state index contributed by atoms with van der Waals surface area (Å²) in [5.41, 5.74) is 4.39. The molecule has 0 saturated carbocycles. The Morgan fingerprint density at radius 3 is 2.75 bits per heavy atom.